The summed E-state index contributed by atoms with van der Waals surface area (Å²) in [6.07, 6.45) is -7.84. The zero-order valence-electron chi connectivity index (χ0n) is 21.4. The second-order valence-electron chi connectivity index (χ2n) is 9.97. The molecule has 0 aromatic heterocycles. The van der Waals surface area contributed by atoms with E-state index >= 15 is 0 Å². The molecular formula is C30H28F6N2O2. The van der Waals surface area contributed by atoms with Gasteiger partial charge in [0.1, 0.15) is 6.04 Å². The van der Waals surface area contributed by atoms with Crippen molar-refractivity contribution in [2.75, 3.05) is 13.1 Å². The lowest BCUT2D eigenvalue weighted by molar-refractivity contribution is -0.143. The third-order valence-electron chi connectivity index (χ3n) is 7.03. The SMILES string of the molecule is O=C(NC(Cc1ccccc1)C(=O)N1CCC(Cc2ccccc2)CC1)c1cc(C(F)(F)F)cc(C(F)(F)F)c1. The Hall–Kier alpha value is -3.82. The van der Waals surface area contributed by atoms with Crippen LogP contribution in [0.15, 0.2) is 78.9 Å². The maximum atomic E-state index is 13.5. The van der Waals surface area contributed by atoms with Crippen LogP contribution in [0.25, 0.3) is 0 Å². The molecule has 1 heterocycles. The second kappa shape index (κ2) is 12.1. The van der Waals surface area contributed by atoms with Crippen molar-refractivity contribution in [2.24, 2.45) is 5.92 Å². The molecule has 10 heteroatoms. The van der Waals surface area contributed by atoms with Gasteiger partial charge in [-0.05, 0) is 54.5 Å². The molecule has 0 aliphatic carbocycles. The van der Waals surface area contributed by atoms with Crippen molar-refractivity contribution in [1.29, 1.82) is 0 Å². The van der Waals surface area contributed by atoms with Crippen molar-refractivity contribution in [2.45, 2.75) is 44.1 Å². The molecule has 0 spiro atoms. The maximum Gasteiger partial charge on any atom is 0.416 e. The zero-order valence-corrected chi connectivity index (χ0v) is 21.4. The van der Waals surface area contributed by atoms with Gasteiger partial charge >= 0.3 is 12.4 Å². The number of amides is 2. The Labute approximate surface area is 228 Å². The average Bonchev–Trinajstić information content (AvgIpc) is 2.92. The summed E-state index contributed by atoms with van der Waals surface area (Å²) in [6, 6.07) is 18.1. The molecule has 1 fully saturated rings. The maximum absolute atomic E-state index is 13.5. The van der Waals surface area contributed by atoms with Crippen LogP contribution in [-0.2, 0) is 30.0 Å². The number of hydrogen-bond acceptors (Lipinski definition) is 2. The smallest absolute Gasteiger partial charge is 0.341 e. The van der Waals surface area contributed by atoms with Gasteiger partial charge in [-0.1, -0.05) is 60.7 Å². The summed E-state index contributed by atoms with van der Waals surface area (Å²) in [5, 5.41) is 2.42. The summed E-state index contributed by atoms with van der Waals surface area (Å²) in [7, 11) is 0. The van der Waals surface area contributed by atoms with Crippen LogP contribution >= 0.6 is 0 Å². The number of nitrogens with one attached hydrogen (secondary N) is 1. The van der Waals surface area contributed by atoms with Gasteiger partial charge in [0.05, 0.1) is 11.1 Å². The van der Waals surface area contributed by atoms with Crippen LogP contribution < -0.4 is 5.32 Å². The van der Waals surface area contributed by atoms with Crippen molar-refractivity contribution in [3.05, 3.63) is 107 Å². The summed E-state index contributed by atoms with van der Waals surface area (Å²) < 4.78 is 80.0. The third kappa shape index (κ3) is 7.64. The Morgan fingerprint density at radius 1 is 0.775 bits per heavy atom. The Bertz CT molecular complexity index is 1270. The fourth-order valence-corrected chi connectivity index (χ4v) is 4.90. The highest BCUT2D eigenvalue weighted by atomic mass is 19.4. The predicted molar refractivity (Wildman–Crippen MR) is 137 cm³/mol. The molecule has 40 heavy (non-hydrogen) atoms. The zero-order chi connectivity index (χ0) is 28.9. The molecule has 0 radical (unpaired) electrons. The third-order valence-corrected chi connectivity index (χ3v) is 7.03. The number of carbonyl (C=O) groups excluding carboxylic acids is 2. The summed E-state index contributed by atoms with van der Waals surface area (Å²) in [6.45, 7) is 0.860. The molecule has 1 unspecified atom stereocenters. The molecule has 1 aliphatic rings. The van der Waals surface area contributed by atoms with E-state index in [1.54, 1.807) is 35.2 Å². The lowest BCUT2D eigenvalue weighted by Gasteiger charge is -2.34. The lowest BCUT2D eigenvalue weighted by atomic mass is 9.89. The van der Waals surface area contributed by atoms with E-state index in [1.807, 2.05) is 30.3 Å². The van der Waals surface area contributed by atoms with E-state index in [2.05, 4.69) is 5.32 Å². The fraction of sp³-hybridized carbons (Fsp3) is 0.333. The number of piperidine rings is 1. The molecule has 1 saturated heterocycles. The van der Waals surface area contributed by atoms with E-state index in [9.17, 15) is 35.9 Å². The Balaban J connectivity index is 1.53. The van der Waals surface area contributed by atoms with Crippen LogP contribution in [0.2, 0.25) is 0 Å². The molecule has 1 aliphatic heterocycles. The topological polar surface area (TPSA) is 49.4 Å². The Morgan fingerprint density at radius 3 is 1.77 bits per heavy atom. The van der Waals surface area contributed by atoms with Crippen molar-refractivity contribution in [3.63, 3.8) is 0 Å². The van der Waals surface area contributed by atoms with E-state index in [0.717, 1.165) is 19.3 Å². The van der Waals surface area contributed by atoms with Gasteiger partial charge < -0.3 is 10.2 Å². The number of alkyl halides is 6. The minimum Gasteiger partial charge on any atom is -0.341 e. The number of benzene rings is 3. The standard InChI is InChI=1S/C30H28F6N2O2/c31-29(32,33)24-17-23(18-25(19-24)30(34,35)36)27(39)37-26(16-21-9-5-2-6-10-21)28(40)38-13-11-22(12-14-38)15-20-7-3-1-4-8-20/h1-10,17-19,22,26H,11-16H2,(H,37,39). The highest BCUT2D eigenvalue weighted by Crippen LogP contribution is 2.36. The lowest BCUT2D eigenvalue weighted by Crippen LogP contribution is -2.51. The number of likely N-dealkylation sites (tertiary alicyclic amines) is 1. The van der Waals surface area contributed by atoms with E-state index in [-0.39, 0.29) is 12.5 Å². The van der Waals surface area contributed by atoms with Crippen LogP contribution in [0.5, 0.6) is 0 Å². The average molecular weight is 563 g/mol. The molecule has 2 amide bonds. The monoisotopic (exact) mass is 562 g/mol. The quantitative estimate of drug-likeness (QED) is 0.332. The molecule has 1 N–H and O–H groups in total. The van der Waals surface area contributed by atoms with Gasteiger partial charge in [0, 0.05) is 25.1 Å². The first-order valence-corrected chi connectivity index (χ1v) is 12.9. The molecule has 3 aromatic rings. The summed E-state index contributed by atoms with van der Waals surface area (Å²) in [5.74, 6) is -1.26. The van der Waals surface area contributed by atoms with Gasteiger partial charge in [-0.2, -0.15) is 26.3 Å². The molecule has 0 bridgehead atoms. The van der Waals surface area contributed by atoms with Crippen LogP contribution in [-0.4, -0.2) is 35.8 Å². The molecule has 3 aromatic carbocycles. The number of nitrogens with zero attached hydrogens (tertiary/aromatic N) is 1. The summed E-state index contributed by atoms with van der Waals surface area (Å²) in [5.41, 5.74) is -2.15. The van der Waals surface area contributed by atoms with E-state index in [4.69, 9.17) is 0 Å². The van der Waals surface area contributed by atoms with Crippen LogP contribution in [0, 0.1) is 5.92 Å². The summed E-state index contributed by atoms with van der Waals surface area (Å²) >= 11 is 0. The number of carbonyl (C=O) groups is 2. The molecule has 0 saturated carbocycles. The second-order valence-corrected chi connectivity index (χ2v) is 9.97. The first-order valence-electron chi connectivity index (χ1n) is 12.9. The highest BCUT2D eigenvalue weighted by molar-refractivity contribution is 5.98. The van der Waals surface area contributed by atoms with Gasteiger partial charge in [-0.25, -0.2) is 0 Å². The van der Waals surface area contributed by atoms with Crippen LogP contribution in [0.4, 0.5) is 26.3 Å². The van der Waals surface area contributed by atoms with E-state index < -0.39 is 46.9 Å². The van der Waals surface area contributed by atoms with Gasteiger partial charge in [0.25, 0.3) is 5.91 Å². The largest absolute Gasteiger partial charge is 0.416 e. The minimum absolute atomic E-state index is 0.0282. The number of halogens is 6. The van der Waals surface area contributed by atoms with Crippen molar-refractivity contribution < 1.29 is 35.9 Å². The number of rotatable bonds is 7. The Morgan fingerprint density at radius 2 is 1.27 bits per heavy atom. The van der Waals surface area contributed by atoms with Crippen molar-refractivity contribution in [1.82, 2.24) is 10.2 Å². The number of hydrogen-bond donors (Lipinski definition) is 1. The first kappa shape index (κ1) is 29.2. The fourth-order valence-electron chi connectivity index (χ4n) is 4.90. The predicted octanol–water partition coefficient (Wildman–Crippen LogP) is 6.55. The van der Waals surface area contributed by atoms with E-state index in [0.29, 0.717) is 36.7 Å². The van der Waals surface area contributed by atoms with Gasteiger partial charge in [-0.3, -0.25) is 9.59 Å². The molecule has 4 nitrogen and oxygen atoms in total. The van der Waals surface area contributed by atoms with Gasteiger partial charge in [-0.15, -0.1) is 0 Å². The highest BCUT2D eigenvalue weighted by Gasteiger charge is 2.38. The normalized spacial score (nSPS) is 15.5. The molecule has 212 valence electrons. The van der Waals surface area contributed by atoms with Crippen LogP contribution in [0.3, 0.4) is 0 Å². The minimum atomic E-state index is -5.10. The Kier molecular flexibility index (Phi) is 8.85. The van der Waals surface area contributed by atoms with Crippen LogP contribution in [0.1, 0.15) is 45.5 Å². The van der Waals surface area contributed by atoms with E-state index in [1.165, 1.54) is 5.56 Å². The van der Waals surface area contributed by atoms with Crippen molar-refractivity contribution in [3.8, 4) is 0 Å². The molecule has 1 atom stereocenters. The molecule has 4 rings (SSSR count). The van der Waals surface area contributed by atoms with Gasteiger partial charge in [0.2, 0.25) is 5.91 Å². The first-order chi connectivity index (χ1) is 18.9. The van der Waals surface area contributed by atoms with Crippen molar-refractivity contribution >= 4 is 11.8 Å². The molecular weight excluding hydrogens is 534 g/mol. The van der Waals surface area contributed by atoms with Gasteiger partial charge in [0.15, 0.2) is 0 Å². The summed E-state index contributed by atoms with van der Waals surface area (Å²) in [4.78, 5) is 28.2.